The minimum absolute atomic E-state index is 0.229. The van der Waals surface area contributed by atoms with Crippen molar-refractivity contribution in [2.75, 3.05) is 5.32 Å². The second-order valence-electron chi connectivity index (χ2n) is 7.42. The molecule has 9 heteroatoms. The van der Waals surface area contributed by atoms with Gasteiger partial charge in [-0.1, -0.05) is 6.92 Å². The van der Waals surface area contributed by atoms with Gasteiger partial charge in [0.1, 0.15) is 12.1 Å². The van der Waals surface area contributed by atoms with Crippen molar-refractivity contribution in [2.24, 2.45) is 5.92 Å². The Balaban J connectivity index is 1.55. The van der Waals surface area contributed by atoms with E-state index in [1.807, 2.05) is 0 Å². The Hall–Kier alpha value is -3.10. The van der Waals surface area contributed by atoms with Gasteiger partial charge in [-0.05, 0) is 49.4 Å². The lowest BCUT2D eigenvalue weighted by molar-refractivity contribution is -0.137. The Bertz CT molecular complexity index is 1130. The fraction of sp³-hybridized carbons (Fsp3) is 0.350. The van der Waals surface area contributed by atoms with Crippen molar-refractivity contribution in [1.82, 2.24) is 14.2 Å². The van der Waals surface area contributed by atoms with Gasteiger partial charge >= 0.3 is 6.18 Å². The minimum Gasteiger partial charge on any atom is -0.325 e. The summed E-state index contributed by atoms with van der Waals surface area (Å²) in [4.78, 5) is 25.2. The molecule has 1 amide bonds. The van der Waals surface area contributed by atoms with Crippen LogP contribution in [0.1, 0.15) is 30.2 Å². The molecular formula is C20H19F3N4O2. The number of nitrogens with zero attached hydrogens (tertiary/aromatic N) is 3. The van der Waals surface area contributed by atoms with Crippen molar-refractivity contribution in [3.8, 4) is 0 Å². The zero-order valence-electron chi connectivity index (χ0n) is 15.7. The number of halogens is 3. The Morgan fingerprint density at radius 2 is 1.97 bits per heavy atom. The van der Waals surface area contributed by atoms with Gasteiger partial charge in [-0.3, -0.25) is 9.59 Å². The van der Waals surface area contributed by atoms with Gasteiger partial charge in [0.15, 0.2) is 0 Å². The molecule has 0 saturated carbocycles. The van der Waals surface area contributed by atoms with Gasteiger partial charge in [0.25, 0.3) is 5.56 Å². The number of fused-ring (bicyclic) bond motifs is 3. The summed E-state index contributed by atoms with van der Waals surface area (Å²) in [5.74, 6) is -0.0375. The molecule has 4 rings (SSSR count). The number of aromatic nitrogens is 3. The maximum atomic E-state index is 12.9. The first-order valence-electron chi connectivity index (χ1n) is 9.29. The molecule has 1 aliphatic carbocycles. The highest BCUT2D eigenvalue weighted by Gasteiger charge is 2.30. The predicted molar refractivity (Wildman–Crippen MR) is 101 cm³/mol. The maximum absolute atomic E-state index is 12.9. The van der Waals surface area contributed by atoms with Crippen LogP contribution in [0, 0.1) is 5.92 Å². The van der Waals surface area contributed by atoms with Crippen LogP contribution in [0.15, 0.2) is 41.5 Å². The topological polar surface area (TPSA) is 68.4 Å². The number of rotatable bonds is 3. The summed E-state index contributed by atoms with van der Waals surface area (Å²) in [7, 11) is 0. The molecule has 1 N–H and O–H groups in total. The molecule has 0 aliphatic heterocycles. The third-order valence-corrected chi connectivity index (χ3v) is 5.18. The number of aryl methyl sites for hydroxylation is 1. The second kappa shape index (κ2) is 7.06. The molecule has 1 aliphatic rings. The van der Waals surface area contributed by atoms with E-state index in [1.165, 1.54) is 22.9 Å². The van der Waals surface area contributed by atoms with E-state index in [2.05, 4.69) is 17.3 Å². The number of hydrogen-bond donors (Lipinski definition) is 1. The summed E-state index contributed by atoms with van der Waals surface area (Å²) < 4.78 is 40.7. The van der Waals surface area contributed by atoms with Gasteiger partial charge in [-0.15, -0.1) is 0 Å². The van der Waals surface area contributed by atoms with Crippen molar-refractivity contribution < 1.29 is 18.0 Å². The van der Waals surface area contributed by atoms with E-state index in [0.29, 0.717) is 11.4 Å². The molecule has 0 bridgehead atoms. The molecule has 1 atom stereocenters. The van der Waals surface area contributed by atoms with Gasteiger partial charge < -0.3 is 9.88 Å². The zero-order valence-corrected chi connectivity index (χ0v) is 15.7. The number of carbonyl (C=O) groups is 1. The molecule has 152 valence electrons. The SMILES string of the molecule is C[C@@H]1CCc2nn3ccn(CC(=O)Nc4ccc(C(F)(F)F)cc4)c(=O)c3c2C1. The highest BCUT2D eigenvalue weighted by Crippen LogP contribution is 2.30. The van der Waals surface area contributed by atoms with Crippen LogP contribution in [0.2, 0.25) is 0 Å². The van der Waals surface area contributed by atoms with Crippen LogP contribution >= 0.6 is 0 Å². The number of nitrogens with one attached hydrogen (secondary N) is 1. The average Bonchev–Trinajstić information content (AvgIpc) is 3.02. The first-order valence-corrected chi connectivity index (χ1v) is 9.29. The van der Waals surface area contributed by atoms with Crippen molar-refractivity contribution in [3.05, 3.63) is 63.8 Å². The first-order chi connectivity index (χ1) is 13.7. The van der Waals surface area contributed by atoms with Crippen molar-refractivity contribution in [1.29, 1.82) is 0 Å². The number of anilines is 1. The molecule has 1 aromatic carbocycles. The van der Waals surface area contributed by atoms with Crippen molar-refractivity contribution in [3.63, 3.8) is 0 Å². The number of alkyl halides is 3. The summed E-state index contributed by atoms with van der Waals surface area (Å²) in [5.41, 5.74) is 1.47. The van der Waals surface area contributed by atoms with Crippen molar-refractivity contribution >= 4 is 17.1 Å². The standard InChI is InChI=1S/C20H19F3N4O2/c1-12-2-7-16-15(10-12)18-19(29)26(8-9-27(18)25-16)11-17(28)24-14-5-3-13(4-6-14)20(21,22)23/h3-6,8-9,12H,2,7,10-11H2,1H3,(H,24,28)/t12-/m1/s1. The van der Waals surface area contributed by atoms with Gasteiger partial charge in [0.2, 0.25) is 5.91 Å². The van der Waals surface area contributed by atoms with Crippen LogP contribution < -0.4 is 10.9 Å². The molecule has 2 heterocycles. The van der Waals surface area contributed by atoms with Crippen LogP contribution in [-0.4, -0.2) is 20.1 Å². The molecule has 2 aromatic heterocycles. The number of hydrogen-bond acceptors (Lipinski definition) is 3. The third-order valence-electron chi connectivity index (χ3n) is 5.18. The Morgan fingerprint density at radius 1 is 1.24 bits per heavy atom. The molecular weight excluding hydrogens is 385 g/mol. The quantitative estimate of drug-likeness (QED) is 0.729. The number of benzene rings is 1. The molecule has 0 fully saturated rings. The molecule has 0 saturated heterocycles. The Kier molecular flexibility index (Phi) is 4.68. The van der Waals surface area contributed by atoms with Crippen LogP contribution in [0.3, 0.4) is 0 Å². The first kappa shape index (κ1) is 19.2. The largest absolute Gasteiger partial charge is 0.416 e. The molecule has 0 radical (unpaired) electrons. The highest BCUT2D eigenvalue weighted by atomic mass is 19.4. The lowest BCUT2D eigenvalue weighted by atomic mass is 9.88. The van der Waals surface area contributed by atoms with Crippen molar-refractivity contribution in [2.45, 2.75) is 38.9 Å². The average molecular weight is 404 g/mol. The zero-order chi connectivity index (χ0) is 20.8. The molecule has 0 unspecified atom stereocenters. The monoisotopic (exact) mass is 404 g/mol. The van der Waals surface area contributed by atoms with E-state index in [1.54, 1.807) is 10.7 Å². The number of amides is 1. The van der Waals surface area contributed by atoms with Gasteiger partial charge in [-0.2, -0.15) is 18.3 Å². The molecule has 6 nitrogen and oxygen atoms in total. The fourth-order valence-corrected chi connectivity index (χ4v) is 3.67. The van der Waals surface area contributed by atoms with Crippen LogP contribution in [0.5, 0.6) is 0 Å². The number of carbonyl (C=O) groups excluding carboxylic acids is 1. The van der Waals surface area contributed by atoms with E-state index >= 15 is 0 Å². The summed E-state index contributed by atoms with van der Waals surface area (Å²) in [6.07, 6.45) is 1.32. The summed E-state index contributed by atoms with van der Waals surface area (Å²) in [6, 6.07) is 4.16. The fourth-order valence-electron chi connectivity index (χ4n) is 3.67. The van der Waals surface area contributed by atoms with E-state index in [0.717, 1.165) is 42.7 Å². The van der Waals surface area contributed by atoms with Gasteiger partial charge in [0, 0.05) is 23.6 Å². The molecule has 29 heavy (non-hydrogen) atoms. The van der Waals surface area contributed by atoms with Gasteiger partial charge in [-0.25, -0.2) is 4.52 Å². The van der Waals surface area contributed by atoms with Crippen LogP contribution in [-0.2, 0) is 30.4 Å². The lowest BCUT2D eigenvalue weighted by Crippen LogP contribution is -2.28. The Labute approximate surface area is 164 Å². The summed E-state index contributed by atoms with van der Waals surface area (Å²) >= 11 is 0. The highest BCUT2D eigenvalue weighted by molar-refractivity contribution is 5.90. The van der Waals surface area contributed by atoms with Gasteiger partial charge in [0.05, 0.1) is 11.3 Å². The normalized spacial score (nSPS) is 16.6. The lowest BCUT2D eigenvalue weighted by Gasteiger charge is -2.16. The Morgan fingerprint density at radius 3 is 2.66 bits per heavy atom. The predicted octanol–water partition coefficient (Wildman–Crippen LogP) is 3.28. The van der Waals surface area contributed by atoms with E-state index in [4.69, 9.17) is 0 Å². The van der Waals surface area contributed by atoms with Crippen LogP contribution in [0.4, 0.5) is 18.9 Å². The van der Waals surface area contributed by atoms with E-state index in [-0.39, 0.29) is 17.8 Å². The van der Waals surface area contributed by atoms with E-state index < -0.39 is 17.6 Å². The smallest absolute Gasteiger partial charge is 0.325 e. The second-order valence-corrected chi connectivity index (χ2v) is 7.42. The maximum Gasteiger partial charge on any atom is 0.416 e. The van der Waals surface area contributed by atoms with Crippen LogP contribution in [0.25, 0.3) is 5.52 Å². The third kappa shape index (κ3) is 3.76. The summed E-state index contributed by atoms with van der Waals surface area (Å²) in [6.45, 7) is 1.89. The molecule has 3 aromatic rings. The minimum atomic E-state index is -4.44. The summed E-state index contributed by atoms with van der Waals surface area (Å²) in [5, 5.41) is 6.99. The molecule has 0 spiro atoms. The van der Waals surface area contributed by atoms with E-state index in [9.17, 15) is 22.8 Å².